The van der Waals surface area contributed by atoms with Gasteiger partial charge in [-0.15, -0.1) is 0 Å². The smallest absolute Gasteiger partial charge is 0.222 e. The van der Waals surface area contributed by atoms with Crippen molar-refractivity contribution in [1.29, 1.82) is 0 Å². The molecule has 1 aromatic carbocycles. The van der Waals surface area contributed by atoms with Gasteiger partial charge in [-0.05, 0) is 60.5 Å². The van der Waals surface area contributed by atoms with Gasteiger partial charge in [0.1, 0.15) is 0 Å². The van der Waals surface area contributed by atoms with Crippen LogP contribution in [0.5, 0.6) is 0 Å². The summed E-state index contributed by atoms with van der Waals surface area (Å²) in [6.45, 7) is 0. The molecule has 0 amide bonds. The van der Waals surface area contributed by atoms with E-state index in [1.165, 1.54) is 36.8 Å². The molecule has 0 radical (unpaired) electrons. The van der Waals surface area contributed by atoms with Crippen molar-refractivity contribution in [2.24, 2.45) is 0 Å². The summed E-state index contributed by atoms with van der Waals surface area (Å²) >= 11 is 5.82. The van der Waals surface area contributed by atoms with Crippen molar-refractivity contribution in [2.75, 3.05) is 0 Å². The van der Waals surface area contributed by atoms with Crippen LogP contribution in [-0.4, -0.2) is 9.97 Å². The van der Waals surface area contributed by atoms with Crippen LogP contribution in [0.3, 0.4) is 0 Å². The van der Waals surface area contributed by atoms with Crippen LogP contribution in [0.4, 0.5) is 0 Å². The van der Waals surface area contributed by atoms with Crippen LogP contribution < -0.4 is 0 Å². The van der Waals surface area contributed by atoms with E-state index in [0.29, 0.717) is 5.28 Å². The van der Waals surface area contributed by atoms with Crippen LogP contribution in [0, 0.1) is 0 Å². The lowest BCUT2D eigenvalue weighted by Crippen LogP contribution is -2.02. The molecule has 0 fully saturated rings. The van der Waals surface area contributed by atoms with Crippen LogP contribution in [0.15, 0.2) is 30.5 Å². The third-order valence-corrected chi connectivity index (χ3v) is 3.45. The molecule has 1 aromatic heterocycles. The van der Waals surface area contributed by atoms with Crippen molar-refractivity contribution < 1.29 is 0 Å². The highest BCUT2D eigenvalue weighted by atomic mass is 35.5. The normalized spacial score (nSPS) is 14.4. The first-order valence-corrected chi connectivity index (χ1v) is 6.31. The molecular weight excluding hydrogens is 232 g/mol. The van der Waals surface area contributed by atoms with Gasteiger partial charge in [0.25, 0.3) is 0 Å². The SMILES string of the molecule is Clc1nccc(-c2ccc3c(c2)CCCC3)n1. The number of aromatic nitrogens is 2. The summed E-state index contributed by atoms with van der Waals surface area (Å²) in [6.07, 6.45) is 6.69. The molecule has 2 aromatic rings. The lowest BCUT2D eigenvalue weighted by Gasteiger charge is -2.16. The Kier molecular flexibility index (Phi) is 2.81. The molecule has 17 heavy (non-hydrogen) atoms. The molecule has 0 saturated heterocycles. The van der Waals surface area contributed by atoms with Crippen LogP contribution >= 0.6 is 11.6 Å². The Bertz CT molecular complexity index is 552. The molecule has 0 bridgehead atoms. The number of halogens is 1. The van der Waals surface area contributed by atoms with Crippen molar-refractivity contribution in [1.82, 2.24) is 9.97 Å². The summed E-state index contributed by atoms with van der Waals surface area (Å²) < 4.78 is 0. The zero-order valence-electron chi connectivity index (χ0n) is 9.49. The number of hydrogen-bond donors (Lipinski definition) is 0. The number of benzene rings is 1. The average Bonchev–Trinajstić information content (AvgIpc) is 2.38. The van der Waals surface area contributed by atoms with Gasteiger partial charge in [-0.2, -0.15) is 0 Å². The molecule has 0 atom stereocenters. The topological polar surface area (TPSA) is 25.8 Å². The van der Waals surface area contributed by atoms with Crippen molar-refractivity contribution in [3.63, 3.8) is 0 Å². The molecule has 2 nitrogen and oxygen atoms in total. The summed E-state index contributed by atoms with van der Waals surface area (Å²) in [5.41, 5.74) is 4.98. The quantitative estimate of drug-likeness (QED) is 0.716. The minimum atomic E-state index is 0.306. The van der Waals surface area contributed by atoms with E-state index in [1.807, 2.05) is 6.07 Å². The third-order valence-electron chi connectivity index (χ3n) is 3.27. The largest absolute Gasteiger partial charge is 0.226 e. The molecule has 1 aliphatic carbocycles. The van der Waals surface area contributed by atoms with Gasteiger partial charge in [0.2, 0.25) is 5.28 Å². The van der Waals surface area contributed by atoms with E-state index in [1.54, 1.807) is 6.20 Å². The highest BCUT2D eigenvalue weighted by Gasteiger charge is 2.10. The first kappa shape index (κ1) is 10.7. The van der Waals surface area contributed by atoms with Gasteiger partial charge < -0.3 is 0 Å². The van der Waals surface area contributed by atoms with E-state index in [2.05, 4.69) is 28.2 Å². The summed E-state index contributed by atoms with van der Waals surface area (Å²) in [6, 6.07) is 8.49. The van der Waals surface area contributed by atoms with Gasteiger partial charge in [-0.25, -0.2) is 9.97 Å². The number of aryl methyl sites for hydroxylation is 2. The van der Waals surface area contributed by atoms with Crippen LogP contribution in [0.25, 0.3) is 11.3 Å². The van der Waals surface area contributed by atoms with Crippen LogP contribution in [0.2, 0.25) is 5.28 Å². The lowest BCUT2D eigenvalue weighted by molar-refractivity contribution is 0.686. The summed E-state index contributed by atoms with van der Waals surface area (Å²) in [4.78, 5) is 8.15. The summed E-state index contributed by atoms with van der Waals surface area (Å²) in [5.74, 6) is 0. The predicted molar refractivity (Wildman–Crippen MR) is 69.1 cm³/mol. The average molecular weight is 245 g/mol. The molecule has 0 unspecified atom stereocenters. The maximum atomic E-state index is 5.82. The van der Waals surface area contributed by atoms with E-state index in [0.717, 1.165) is 11.3 Å². The third kappa shape index (κ3) is 2.18. The van der Waals surface area contributed by atoms with Gasteiger partial charge in [-0.3, -0.25) is 0 Å². The second kappa shape index (κ2) is 4.46. The lowest BCUT2D eigenvalue weighted by atomic mass is 9.90. The maximum absolute atomic E-state index is 5.82. The Balaban J connectivity index is 2.04. The summed E-state index contributed by atoms with van der Waals surface area (Å²) in [7, 11) is 0. The molecule has 0 spiro atoms. The van der Waals surface area contributed by atoms with Gasteiger partial charge in [0.15, 0.2) is 0 Å². The van der Waals surface area contributed by atoms with E-state index < -0.39 is 0 Å². The highest BCUT2D eigenvalue weighted by Crippen LogP contribution is 2.26. The Morgan fingerprint density at radius 3 is 2.65 bits per heavy atom. The second-order valence-corrected chi connectivity index (χ2v) is 4.74. The highest BCUT2D eigenvalue weighted by molar-refractivity contribution is 6.28. The number of rotatable bonds is 1. The number of hydrogen-bond acceptors (Lipinski definition) is 2. The van der Waals surface area contributed by atoms with Crippen molar-refractivity contribution in [2.45, 2.75) is 25.7 Å². The standard InChI is InChI=1S/C14H13ClN2/c15-14-16-8-7-13(17-14)12-6-5-10-3-1-2-4-11(10)9-12/h5-9H,1-4H2. The maximum Gasteiger partial charge on any atom is 0.222 e. The van der Waals surface area contributed by atoms with E-state index in [9.17, 15) is 0 Å². The molecule has 3 heteroatoms. The minimum Gasteiger partial charge on any atom is -0.226 e. The number of fused-ring (bicyclic) bond motifs is 1. The molecule has 0 N–H and O–H groups in total. The minimum absolute atomic E-state index is 0.306. The van der Waals surface area contributed by atoms with Crippen molar-refractivity contribution >= 4 is 11.6 Å². The fourth-order valence-electron chi connectivity index (χ4n) is 2.39. The molecular formula is C14H13ClN2. The molecule has 0 saturated carbocycles. The molecule has 0 aliphatic heterocycles. The van der Waals surface area contributed by atoms with Crippen molar-refractivity contribution in [3.05, 3.63) is 46.9 Å². The molecule has 1 heterocycles. The molecule has 1 aliphatic rings. The zero-order valence-corrected chi connectivity index (χ0v) is 10.2. The fraction of sp³-hybridized carbons (Fsp3) is 0.286. The Morgan fingerprint density at radius 2 is 1.82 bits per heavy atom. The van der Waals surface area contributed by atoms with Crippen molar-refractivity contribution in [3.8, 4) is 11.3 Å². The van der Waals surface area contributed by atoms with Gasteiger partial charge in [-0.1, -0.05) is 12.1 Å². The van der Waals surface area contributed by atoms with E-state index in [4.69, 9.17) is 11.6 Å². The second-order valence-electron chi connectivity index (χ2n) is 4.40. The Labute approximate surface area is 106 Å². The van der Waals surface area contributed by atoms with Gasteiger partial charge in [0, 0.05) is 11.8 Å². The summed E-state index contributed by atoms with van der Waals surface area (Å²) in [5, 5.41) is 0.306. The zero-order chi connectivity index (χ0) is 11.7. The monoisotopic (exact) mass is 244 g/mol. The number of nitrogens with zero attached hydrogens (tertiary/aromatic N) is 2. The first-order chi connectivity index (χ1) is 8.33. The molecule has 86 valence electrons. The fourth-order valence-corrected chi connectivity index (χ4v) is 2.54. The van der Waals surface area contributed by atoms with Crippen LogP contribution in [-0.2, 0) is 12.8 Å². The van der Waals surface area contributed by atoms with Crippen LogP contribution in [0.1, 0.15) is 24.0 Å². The van der Waals surface area contributed by atoms with Gasteiger partial charge >= 0.3 is 0 Å². The van der Waals surface area contributed by atoms with E-state index >= 15 is 0 Å². The molecule has 3 rings (SSSR count). The van der Waals surface area contributed by atoms with Gasteiger partial charge in [0.05, 0.1) is 5.69 Å². The Hall–Kier alpha value is -1.41. The first-order valence-electron chi connectivity index (χ1n) is 5.94. The van der Waals surface area contributed by atoms with E-state index in [-0.39, 0.29) is 0 Å². The predicted octanol–water partition coefficient (Wildman–Crippen LogP) is 3.68. The Morgan fingerprint density at radius 1 is 1.00 bits per heavy atom.